The lowest BCUT2D eigenvalue weighted by Gasteiger charge is -2.08. The van der Waals surface area contributed by atoms with Crippen molar-refractivity contribution in [3.8, 4) is 17.0 Å². The van der Waals surface area contributed by atoms with Gasteiger partial charge in [-0.1, -0.05) is 64.5 Å². The molecule has 3 aromatic carbocycles. The number of hydrogen-bond acceptors (Lipinski definition) is 3. The van der Waals surface area contributed by atoms with E-state index in [-0.39, 0.29) is 12.5 Å². The second kappa shape index (κ2) is 9.87. The highest BCUT2D eigenvalue weighted by molar-refractivity contribution is 9.10. The molecule has 0 unspecified atom stereocenters. The van der Waals surface area contributed by atoms with Gasteiger partial charge in [0.05, 0.1) is 5.69 Å². The number of halogens is 1. The Morgan fingerprint density at radius 3 is 2.50 bits per heavy atom. The summed E-state index contributed by atoms with van der Waals surface area (Å²) in [6, 6.07) is 25.9. The molecule has 0 radical (unpaired) electrons. The van der Waals surface area contributed by atoms with Crippen molar-refractivity contribution < 1.29 is 9.53 Å². The van der Waals surface area contributed by atoms with E-state index in [4.69, 9.17) is 4.74 Å². The van der Waals surface area contributed by atoms with Gasteiger partial charge in [-0.05, 0) is 35.9 Å². The highest BCUT2D eigenvalue weighted by atomic mass is 79.9. The minimum absolute atomic E-state index is 0.0198. The number of carbonyl (C=O) groups excluding carboxylic acids is 1. The van der Waals surface area contributed by atoms with Crippen molar-refractivity contribution in [2.24, 2.45) is 0 Å². The number of H-pyrrole nitrogens is 1. The summed E-state index contributed by atoms with van der Waals surface area (Å²) in [5, 5.41) is 4.12. The molecule has 1 heterocycles. The predicted octanol–water partition coefficient (Wildman–Crippen LogP) is 5.88. The predicted molar refractivity (Wildman–Crippen MR) is 127 cm³/mol. The van der Waals surface area contributed by atoms with Crippen molar-refractivity contribution in [2.75, 3.05) is 18.9 Å². The van der Waals surface area contributed by atoms with Crippen LogP contribution < -0.4 is 10.1 Å². The molecular formula is C24H21BrN2O2S. The molecule has 0 fully saturated rings. The zero-order valence-electron chi connectivity index (χ0n) is 16.2. The lowest BCUT2D eigenvalue weighted by Crippen LogP contribution is -2.30. The van der Waals surface area contributed by atoms with Gasteiger partial charge in [0.15, 0.2) is 6.61 Å². The molecule has 4 rings (SSSR count). The molecule has 0 saturated heterocycles. The van der Waals surface area contributed by atoms with Crippen LogP contribution in [0, 0.1) is 0 Å². The number of thioether (sulfide) groups is 1. The fourth-order valence-electron chi connectivity index (χ4n) is 3.15. The monoisotopic (exact) mass is 480 g/mol. The zero-order valence-corrected chi connectivity index (χ0v) is 18.6. The van der Waals surface area contributed by atoms with E-state index in [9.17, 15) is 4.79 Å². The van der Waals surface area contributed by atoms with Gasteiger partial charge >= 0.3 is 0 Å². The average molecular weight is 481 g/mol. The molecule has 0 bridgehead atoms. The summed E-state index contributed by atoms with van der Waals surface area (Å²) < 4.78 is 6.54. The number of rotatable bonds is 8. The Hall–Kier alpha value is -2.70. The van der Waals surface area contributed by atoms with Gasteiger partial charge in [-0.2, -0.15) is 0 Å². The molecule has 4 aromatic rings. The molecule has 2 N–H and O–H groups in total. The lowest BCUT2D eigenvalue weighted by atomic mass is 10.1. The fourth-order valence-corrected chi connectivity index (χ4v) is 4.47. The van der Waals surface area contributed by atoms with Crippen LogP contribution in [0.5, 0.6) is 5.75 Å². The number of nitrogens with one attached hydrogen (secondary N) is 2. The van der Waals surface area contributed by atoms with Crippen molar-refractivity contribution in [3.63, 3.8) is 0 Å². The van der Waals surface area contributed by atoms with Crippen LogP contribution in [0.25, 0.3) is 22.2 Å². The molecule has 1 aromatic heterocycles. The molecule has 4 nitrogen and oxygen atoms in total. The van der Waals surface area contributed by atoms with Gasteiger partial charge < -0.3 is 15.0 Å². The van der Waals surface area contributed by atoms with E-state index in [1.807, 2.05) is 54.6 Å². The van der Waals surface area contributed by atoms with E-state index < -0.39 is 0 Å². The molecule has 0 aliphatic carbocycles. The molecule has 1 amide bonds. The maximum absolute atomic E-state index is 12.1. The maximum atomic E-state index is 12.1. The number of ether oxygens (including phenoxy) is 1. The second-order valence-electron chi connectivity index (χ2n) is 6.68. The van der Waals surface area contributed by atoms with Crippen molar-refractivity contribution in [1.29, 1.82) is 0 Å². The summed E-state index contributed by atoms with van der Waals surface area (Å²) in [4.78, 5) is 16.8. The lowest BCUT2D eigenvalue weighted by molar-refractivity contribution is -0.122. The molecule has 6 heteroatoms. The third-order valence-corrected chi connectivity index (χ3v) is 6.22. The van der Waals surface area contributed by atoms with Crippen molar-refractivity contribution in [3.05, 3.63) is 83.3 Å². The first-order chi connectivity index (χ1) is 14.7. The Morgan fingerprint density at radius 2 is 1.70 bits per heavy atom. The number of carbonyl (C=O) groups is 1. The first kappa shape index (κ1) is 20.6. The minimum Gasteiger partial charge on any atom is -0.484 e. The highest BCUT2D eigenvalue weighted by Gasteiger charge is 2.13. The summed E-state index contributed by atoms with van der Waals surface area (Å²) in [6.07, 6.45) is 0. The number of fused-ring (bicyclic) bond motifs is 1. The summed E-state index contributed by atoms with van der Waals surface area (Å²) >= 11 is 5.24. The minimum atomic E-state index is -0.119. The van der Waals surface area contributed by atoms with Crippen molar-refractivity contribution in [2.45, 2.75) is 4.90 Å². The summed E-state index contributed by atoms with van der Waals surface area (Å²) in [5.41, 5.74) is 3.35. The number of para-hydroxylation sites is 2. The first-order valence-electron chi connectivity index (χ1n) is 9.65. The van der Waals surface area contributed by atoms with Crippen LogP contribution >= 0.6 is 27.7 Å². The van der Waals surface area contributed by atoms with E-state index in [1.54, 1.807) is 11.8 Å². The van der Waals surface area contributed by atoms with E-state index >= 15 is 0 Å². The highest BCUT2D eigenvalue weighted by Crippen LogP contribution is 2.37. The average Bonchev–Trinajstić information content (AvgIpc) is 3.15. The van der Waals surface area contributed by atoms with Crippen molar-refractivity contribution >= 4 is 44.5 Å². The van der Waals surface area contributed by atoms with Crippen LogP contribution in [-0.4, -0.2) is 29.8 Å². The third kappa shape index (κ3) is 5.07. The van der Waals surface area contributed by atoms with Crippen molar-refractivity contribution in [1.82, 2.24) is 10.3 Å². The molecule has 0 saturated carbocycles. The fraction of sp³-hybridized carbons (Fsp3) is 0.125. The van der Waals surface area contributed by atoms with E-state index in [1.165, 1.54) is 10.3 Å². The van der Waals surface area contributed by atoms with Crippen LogP contribution in [0.4, 0.5) is 0 Å². The van der Waals surface area contributed by atoms with Gasteiger partial charge in [0.25, 0.3) is 5.91 Å². The van der Waals surface area contributed by atoms with Crippen LogP contribution in [0.3, 0.4) is 0 Å². The zero-order chi connectivity index (χ0) is 20.8. The third-order valence-electron chi connectivity index (χ3n) is 4.58. The van der Waals surface area contributed by atoms with Gasteiger partial charge in [0, 0.05) is 32.6 Å². The Morgan fingerprint density at radius 1 is 0.967 bits per heavy atom. The van der Waals surface area contributed by atoms with Gasteiger partial charge in [0.2, 0.25) is 0 Å². The Balaban J connectivity index is 1.38. The quantitative estimate of drug-likeness (QED) is 0.244. The molecule has 0 aliphatic rings. The Labute approximate surface area is 188 Å². The molecule has 152 valence electrons. The summed E-state index contributed by atoms with van der Waals surface area (Å²) in [5.74, 6) is 1.34. The van der Waals surface area contributed by atoms with Crippen LogP contribution in [-0.2, 0) is 4.79 Å². The summed E-state index contributed by atoms with van der Waals surface area (Å²) in [6.45, 7) is 0.590. The van der Waals surface area contributed by atoms with Gasteiger partial charge in [-0.3, -0.25) is 4.79 Å². The molecule has 0 aliphatic heterocycles. The van der Waals surface area contributed by atoms with Gasteiger partial charge in [0.1, 0.15) is 5.75 Å². The number of aromatic nitrogens is 1. The molecular weight excluding hydrogens is 460 g/mol. The normalized spacial score (nSPS) is 10.8. The van der Waals surface area contributed by atoms with E-state index in [2.05, 4.69) is 50.5 Å². The SMILES string of the molecule is O=C(COc1ccccc1)NCCSc1c(-c2ccc(Br)cc2)[nH]c2ccccc12. The summed E-state index contributed by atoms with van der Waals surface area (Å²) in [7, 11) is 0. The van der Waals surface area contributed by atoms with Crippen LogP contribution in [0.1, 0.15) is 0 Å². The topological polar surface area (TPSA) is 54.1 Å². The standard InChI is InChI=1S/C24H21BrN2O2S/c25-18-12-10-17(11-13-18)23-24(20-8-4-5-9-21(20)27-23)30-15-14-26-22(28)16-29-19-6-2-1-3-7-19/h1-13,27H,14-16H2,(H,26,28). The second-order valence-corrected chi connectivity index (χ2v) is 8.70. The first-order valence-corrected chi connectivity index (χ1v) is 11.4. The smallest absolute Gasteiger partial charge is 0.257 e. The van der Waals surface area contributed by atoms with Crippen LogP contribution in [0.15, 0.2) is 88.2 Å². The molecule has 30 heavy (non-hydrogen) atoms. The number of benzene rings is 3. The Kier molecular flexibility index (Phi) is 6.77. The van der Waals surface area contributed by atoms with Crippen LogP contribution in [0.2, 0.25) is 0 Å². The molecule has 0 atom stereocenters. The van der Waals surface area contributed by atoms with Gasteiger partial charge in [-0.15, -0.1) is 11.8 Å². The molecule has 0 spiro atoms. The number of amides is 1. The van der Waals surface area contributed by atoms with E-state index in [0.29, 0.717) is 12.3 Å². The largest absolute Gasteiger partial charge is 0.484 e. The maximum Gasteiger partial charge on any atom is 0.257 e. The van der Waals surface area contributed by atoms with Gasteiger partial charge in [-0.25, -0.2) is 0 Å². The number of aromatic amines is 1. The Bertz CT molecular complexity index is 1130. The van der Waals surface area contributed by atoms with E-state index in [0.717, 1.165) is 27.0 Å². The number of hydrogen-bond donors (Lipinski definition) is 2.